The number of aromatic nitrogens is 2. The topological polar surface area (TPSA) is 76.9 Å². The molecule has 5 heteroatoms. The number of hydrogen-bond acceptors (Lipinski definition) is 3. The molecule has 0 saturated carbocycles. The lowest BCUT2D eigenvalue weighted by molar-refractivity contribution is 0.806. The molecule has 0 unspecified atom stereocenters. The van der Waals surface area contributed by atoms with E-state index >= 15 is 0 Å². The molecular weight excluding hydrogens is 322 g/mol. The van der Waals surface area contributed by atoms with Gasteiger partial charge in [-0.25, -0.2) is 4.98 Å². The number of aliphatic imine (C=N–C) groups is 1. The molecule has 4 rings (SSSR count). The minimum Gasteiger partial charge on any atom is -0.338 e. The van der Waals surface area contributed by atoms with Gasteiger partial charge in [0.15, 0.2) is 5.82 Å². The van der Waals surface area contributed by atoms with Crippen LogP contribution >= 0.6 is 0 Å². The van der Waals surface area contributed by atoms with E-state index in [4.69, 9.17) is 0 Å². The first-order chi connectivity index (χ1) is 12.8. The first-order valence-corrected chi connectivity index (χ1v) is 8.82. The summed E-state index contributed by atoms with van der Waals surface area (Å²) in [5.41, 5.74) is 5.03. The molecule has 1 aliphatic rings. The van der Waals surface area contributed by atoms with Crippen LogP contribution in [0, 0.1) is 11.3 Å². The molecule has 0 atom stereocenters. The second-order valence-corrected chi connectivity index (χ2v) is 6.22. The number of para-hydroxylation sites is 2. The fourth-order valence-corrected chi connectivity index (χ4v) is 3.13. The molecule has 1 aliphatic heterocycles. The molecule has 0 fully saturated rings. The molecule has 0 radical (unpaired) electrons. The van der Waals surface area contributed by atoms with Gasteiger partial charge in [-0.1, -0.05) is 49.7 Å². The highest BCUT2D eigenvalue weighted by Gasteiger charge is 2.26. The third-order valence-electron chi connectivity index (χ3n) is 4.46. The largest absolute Gasteiger partial charge is 0.338 e. The van der Waals surface area contributed by atoms with Gasteiger partial charge < -0.3 is 10.3 Å². The Morgan fingerprint density at radius 3 is 2.65 bits per heavy atom. The van der Waals surface area contributed by atoms with Crippen LogP contribution in [-0.4, -0.2) is 22.3 Å². The highest BCUT2D eigenvalue weighted by atomic mass is 15.0. The Kier molecular flexibility index (Phi) is 4.24. The molecule has 0 saturated heterocycles. The first kappa shape index (κ1) is 16.1. The van der Waals surface area contributed by atoms with Gasteiger partial charge in [0.1, 0.15) is 17.5 Å². The molecule has 2 N–H and O–H groups in total. The minimum atomic E-state index is 0.495. The van der Waals surface area contributed by atoms with Gasteiger partial charge in [0, 0.05) is 17.7 Å². The molecule has 0 bridgehead atoms. The second kappa shape index (κ2) is 6.85. The molecule has 2 heterocycles. The molecule has 2 aromatic carbocycles. The summed E-state index contributed by atoms with van der Waals surface area (Å²) in [7, 11) is 0. The number of amidine groups is 1. The molecular formula is C21H19N5. The molecule has 5 nitrogen and oxygen atoms in total. The van der Waals surface area contributed by atoms with Crippen molar-refractivity contribution in [3.8, 4) is 6.07 Å². The Morgan fingerprint density at radius 2 is 1.88 bits per heavy atom. The third-order valence-corrected chi connectivity index (χ3v) is 4.46. The van der Waals surface area contributed by atoms with Crippen molar-refractivity contribution < 1.29 is 0 Å². The van der Waals surface area contributed by atoms with E-state index in [1.807, 2.05) is 48.5 Å². The number of nitriles is 1. The Labute approximate surface area is 152 Å². The van der Waals surface area contributed by atoms with Gasteiger partial charge in [-0.05, 0) is 18.6 Å². The fourth-order valence-electron chi connectivity index (χ4n) is 3.13. The maximum absolute atomic E-state index is 9.84. The molecule has 26 heavy (non-hydrogen) atoms. The number of rotatable bonds is 4. The zero-order valence-corrected chi connectivity index (χ0v) is 14.6. The molecule has 128 valence electrons. The van der Waals surface area contributed by atoms with Crippen LogP contribution in [0.3, 0.4) is 0 Å². The monoisotopic (exact) mass is 341 g/mol. The van der Waals surface area contributed by atoms with Crippen LogP contribution in [0.4, 0.5) is 0 Å². The quantitative estimate of drug-likeness (QED) is 0.554. The summed E-state index contributed by atoms with van der Waals surface area (Å²) in [6, 6.07) is 18.1. The lowest BCUT2D eigenvalue weighted by Gasteiger charge is -2.03. The zero-order valence-electron chi connectivity index (χ0n) is 14.6. The number of nitrogens with one attached hydrogen (secondary N) is 2. The van der Waals surface area contributed by atoms with Crippen molar-refractivity contribution in [1.29, 1.82) is 5.26 Å². The number of benzene rings is 2. The average Bonchev–Trinajstić information content (AvgIpc) is 3.25. The minimum absolute atomic E-state index is 0.495. The Balaban J connectivity index is 1.84. The van der Waals surface area contributed by atoms with Crippen LogP contribution in [-0.2, 0) is 0 Å². The van der Waals surface area contributed by atoms with Crippen molar-refractivity contribution >= 4 is 28.1 Å². The highest BCUT2D eigenvalue weighted by molar-refractivity contribution is 6.17. The summed E-state index contributed by atoms with van der Waals surface area (Å²) in [6.45, 7) is 2.92. The van der Waals surface area contributed by atoms with E-state index in [-0.39, 0.29) is 0 Å². The van der Waals surface area contributed by atoms with Gasteiger partial charge in [-0.2, -0.15) is 5.26 Å². The maximum Gasteiger partial charge on any atom is 0.151 e. The van der Waals surface area contributed by atoms with Gasteiger partial charge >= 0.3 is 0 Å². The Bertz CT molecular complexity index is 1030. The van der Waals surface area contributed by atoms with Crippen molar-refractivity contribution in [2.45, 2.75) is 19.8 Å². The number of aromatic amines is 1. The standard InChI is InChI=1S/C21H19N5/c1-2-3-12-23-20-15-9-5-4-8-14(15)19(26-20)16(13-22)21-24-17-10-6-7-11-18(17)25-21/h4-11H,2-3,12H2,1H3,(H,23,26)(H,24,25)/b19-16+. The number of hydrogen-bond donors (Lipinski definition) is 2. The summed E-state index contributed by atoms with van der Waals surface area (Å²) in [5, 5.41) is 13.2. The number of imidazole rings is 1. The summed E-state index contributed by atoms with van der Waals surface area (Å²) in [6.07, 6.45) is 2.14. The maximum atomic E-state index is 9.84. The number of fused-ring (bicyclic) bond motifs is 2. The highest BCUT2D eigenvalue weighted by Crippen LogP contribution is 2.31. The predicted molar refractivity (Wildman–Crippen MR) is 104 cm³/mol. The van der Waals surface area contributed by atoms with E-state index in [0.717, 1.165) is 53.1 Å². The van der Waals surface area contributed by atoms with Crippen LogP contribution in [0.25, 0.3) is 22.3 Å². The van der Waals surface area contributed by atoms with E-state index in [1.54, 1.807) is 0 Å². The van der Waals surface area contributed by atoms with Crippen LogP contribution in [0.1, 0.15) is 36.7 Å². The van der Waals surface area contributed by atoms with Crippen molar-refractivity contribution in [1.82, 2.24) is 15.3 Å². The Morgan fingerprint density at radius 1 is 1.12 bits per heavy atom. The van der Waals surface area contributed by atoms with E-state index in [0.29, 0.717) is 11.4 Å². The average molecular weight is 341 g/mol. The number of unbranched alkanes of at least 4 members (excludes halogenated alkanes) is 1. The number of allylic oxidation sites excluding steroid dienone is 1. The predicted octanol–water partition coefficient (Wildman–Crippen LogP) is 4.10. The SMILES string of the molecule is CCCC/N=C1\N/C(=C(\C#N)c2nc3ccccc3[nH]2)c2ccccc21. The number of H-pyrrole nitrogens is 1. The van der Waals surface area contributed by atoms with Crippen LogP contribution in [0.15, 0.2) is 53.5 Å². The van der Waals surface area contributed by atoms with Crippen molar-refractivity contribution in [2.24, 2.45) is 4.99 Å². The lowest BCUT2D eigenvalue weighted by Crippen LogP contribution is -2.16. The summed E-state index contributed by atoms with van der Waals surface area (Å²) in [5.74, 6) is 1.40. The normalized spacial score (nSPS) is 16.4. The number of nitrogens with zero attached hydrogens (tertiary/aromatic N) is 3. The molecule has 0 spiro atoms. The lowest BCUT2D eigenvalue weighted by atomic mass is 10.0. The van der Waals surface area contributed by atoms with Gasteiger partial charge in [0.05, 0.1) is 16.7 Å². The summed E-state index contributed by atoms with van der Waals surface area (Å²) in [4.78, 5) is 12.5. The molecule has 0 aliphatic carbocycles. The Hall–Kier alpha value is -3.39. The van der Waals surface area contributed by atoms with Gasteiger partial charge in [-0.3, -0.25) is 4.99 Å². The summed E-state index contributed by atoms with van der Waals surface area (Å²) >= 11 is 0. The molecule has 1 aromatic heterocycles. The van der Waals surface area contributed by atoms with E-state index < -0.39 is 0 Å². The van der Waals surface area contributed by atoms with Crippen LogP contribution in [0.5, 0.6) is 0 Å². The van der Waals surface area contributed by atoms with E-state index in [2.05, 4.69) is 33.3 Å². The molecule has 3 aromatic rings. The summed E-state index contributed by atoms with van der Waals surface area (Å²) < 4.78 is 0. The zero-order chi connectivity index (χ0) is 17.9. The fraction of sp³-hybridized carbons (Fsp3) is 0.190. The van der Waals surface area contributed by atoms with Crippen molar-refractivity contribution in [2.75, 3.05) is 6.54 Å². The third kappa shape index (κ3) is 2.76. The van der Waals surface area contributed by atoms with E-state index in [1.165, 1.54) is 0 Å². The second-order valence-electron chi connectivity index (χ2n) is 6.22. The molecule has 0 amide bonds. The first-order valence-electron chi connectivity index (χ1n) is 8.82. The smallest absolute Gasteiger partial charge is 0.151 e. The van der Waals surface area contributed by atoms with Crippen molar-refractivity contribution in [3.63, 3.8) is 0 Å². The van der Waals surface area contributed by atoms with Gasteiger partial charge in [0.2, 0.25) is 0 Å². The van der Waals surface area contributed by atoms with Gasteiger partial charge in [0.25, 0.3) is 0 Å². The van der Waals surface area contributed by atoms with Crippen LogP contribution < -0.4 is 5.32 Å². The van der Waals surface area contributed by atoms with Crippen LogP contribution in [0.2, 0.25) is 0 Å². The van der Waals surface area contributed by atoms with E-state index in [9.17, 15) is 5.26 Å². The van der Waals surface area contributed by atoms with Gasteiger partial charge in [-0.15, -0.1) is 0 Å². The van der Waals surface area contributed by atoms with Crippen molar-refractivity contribution in [3.05, 3.63) is 65.5 Å².